The van der Waals surface area contributed by atoms with Gasteiger partial charge in [-0.25, -0.2) is 8.78 Å². The number of hydrogen-bond acceptors (Lipinski definition) is 3. The number of halogens is 2. The summed E-state index contributed by atoms with van der Waals surface area (Å²) in [6.07, 6.45) is -0.0736. The molecule has 0 radical (unpaired) electrons. The van der Waals surface area contributed by atoms with Crippen molar-refractivity contribution >= 4 is 5.91 Å². The molecule has 0 spiro atoms. The van der Waals surface area contributed by atoms with Crippen LogP contribution in [0.15, 0.2) is 0 Å². The summed E-state index contributed by atoms with van der Waals surface area (Å²) in [4.78, 5) is 11.2. The average molecular weight is 237 g/mol. The van der Waals surface area contributed by atoms with Crippen molar-refractivity contribution < 1.29 is 23.4 Å². The Labute approximate surface area is 93.0 Å². The molecule has 2 N–H and O–H groups in total. The Balaban J connectivity index is 1.98. The van der Waals surface area contributed by atoms with Gasteiger partial charge in [-0.05, 0) is 19.3 Å². The van der Waals surface area contributed by atoms with Crippen LogP contribution in [0.25, 0.3) is 0 Å². The van der Waals surface area contributed by atoms with Crippen LogP contribution < -0.4 is 5.32 Å². The normalized spacial score (nSPS) is 18.2. The van der Waals surface area contributed by atoms with Crippen LogP contribution in [0, 0.1) is 0 Å². The maximum Gasteiger partial charge on any atom is 0.261 e. The maximum atomic E-state index is 11.7. The largest absolute Gasteiger partial charge is 0.388 e. The minimum Gasteiger partial charge on any atom is -0.388 e. The van der Waals surface area contributed by atoms with Gasteiger partial charge in [-0.3, -0.25) is 4.79 Å². The summed E-state index contributed by atoms with van der Waals surface area (Å²) >= 11 is 0. The number of rotatable bonds is 7. The Morgan fingerprint density at radius 1 is 1.50 bits per heavy atom. The van der Waals surface area contributed by atoms with Crippen LogP contribution in [-0.2, 0) is 9.53 Å². The Morgan fingerprint density at radius 3 is 2.69 bits per heavy atom. The van der Waals surface area contributed by atoms with Crippen molar-refractivity contribution in [2.75, 3.05) is 19.8 Å². The zero-order chi connectivity index (χ0) is 12.0. The molecule has 4 nitrogen and oxygen atoms in total. The van der Waals surface area contributed by atoms with Crippen molar-refractivity contribution in [3.8, 4) is 0 Å². The van der Waals surface area contributed by atoms with E-state index in [1.807, 2.05) is 0 Å². The fourth-order valence-corrected chi connectivity index (χ4v) is 1.45. The molecule has 0 atom stereocenters. The van der Waals surface area contributed by atoms with E-state index in [4.69, 9.17) is 0 Å². The lowest BCUT2D eigenvalue weighted by Crippen LogP contribution is -2.47. The van der Waals surface area contributed by atoms with Crippen molar-refractivity contribution in [3.05, 3.63) is 0 Å². The molecule has 1 fully saturated rings. The van der Waals surface area contributed by atoms with Gasteiger partial charge in [0.25, 0.3) is 6.43 Å². The number of carbonyl (C=O) groups excluding carboxylic acids is 1. The summed E-state index contributed by atoms with van der Waals surface area (Å²) in [6, 6.07) is 0. The first-order chi connectivity index (χ1) is 7.52. The number of aliphatic hydroxyl groups is 1. The smallest absolute Gasteiger partial charge is 0.261 e. The Hall–Kier alpha value is -0.750. The van der Waals surface area contributed by atoms with Gasteiger partial charge in [-0.1, -0.05) is 0 Å². The van der Waals surface area contributed by atoms with Gasteiger partial charge >= 0.3 is 0 Å². The Kier molecular flexibility index (Phi) is 5.08. The highest BCUT2D eigenvalue weighted by molar-refractivity contribution is 5.76. The lowest BCUT2D eigenvalue weighted by Gasteiger charge is -2.36. The second-order valence-electron chi connectivity index (χ2n) is 4.07. The molecular formula is C10H17F2NO3. The van der Waals surface area contributed by atoms with E-state index in [-0.39, 0.29) is 25.5 Å². The van der Waals surface area contributed by atoms with Crippen molar-refractivity contribution in [2.24, 2.45) is 0 Å². The molecule has 0 aromatic carbocycles. The van der Waals surface area contributed by atoms with E-state index in [1.165, 1.54) is 0 Å². The molecule has 1 aliphatic carbocycles. The molecule has 0 aromatic rings. The van der Waals surface area contributed by atoms with Crippen molar-refractivity contribution in [2.45, 2.75) is 37.7 Å². The number of hydrogen-bond donors (Lipinski definition) is 2. The van der Waals surface area contributed by atoms with Gasteiger partial charge in [0.15, 0.2) is 0 Å². The van der Waals surface area contributed by atoms with Crippen LogP contribution in [0.3, 0.4) is 0 Å². The average Bonchev–Trinajstić information content (AvgIpc) is 2.18. The zero-order valence-electron chi connectivity index (χ0n) is 9.05. The number of alkyl halides is 2. The van der Waals surface area contributed by atoms with Gasteiger partial charge in [0.1, 0.15) is 6.61 Å². The molecule has 1 rings (SSSR count). The second kappa shape index (κ2) is 6.10. The SMILES string of the molecule is O=C(CCOCC(F)F)NCC1(O)CCC1. The monoisotopic (exact) mass is 237 g/mol. The Bertz CT molecular complexity index is 232. The number of ether oxygens (including phenoxy) is 1. The quantitative estimate of drug-likeness (QED) is 0.640. The van der Waals surface area contributed by atoms with Crippen LogP contribution in [0.5, 0.6) is 0 Å². The van der Waals surface area contributed by atoms with Crippen LogP contribution in [-0.4, -0.2) is 42.8 Å². The lowest BCUT2D eigenvalue weighted by atomic mass is 9.80. The van der Waals surface area contributed by atoms with Gasteiger partial charge in [-0.15, -0.1) is 0 Å². The van der Waals surface area contributed by atoms with E-state index in [1.54, 1.807) is 0 Å². The van der Waals surface area contributed by atoms with E-state index in [9.17, 15) is 18.7 Å². The van der Waals surface area contributed by atoms with Crippen LogP contribution in [0.2, 0.25) is 0 Å². The first kappa shape index (κ1) is 13.3. The van der Waals surface area contributed by atoms with E-state index >= 15 is 0 Å². The van der Waals surface area contributed by atoms with Gasteiger partial charge < -0.3 is 15.2 Å². The molecule has 1 aliphatic rings. The number of nitrogens with one attached hydrogen (secondary N) is 1. The van der Waals surface area contributed by atoms with Gasteiger partial charge in [0, 0.05) is 13.0 Å². The molecule has 0 saturated heterocycles. The van der Waals surface area contributed by atoms with E-state index < -0.39 is 18.6 Å². The molecule has 16 heavy (non-hydrogen) atoms. The van der Waals surface area contributed by atoms with Crippen molar-refractivity contribution in [1.82, 2.24) is 5.32 Å². The molecule has 94 valence electrons. The fraction of sp³-hybridized carbons (Fsp3) is 0.900. The molecule has 1 amide bonds. The fourth-order valence-electron chi connectivity index (χ4n) is 1.45. The molecule has 6 heteroatoms. The minimum absolute atomic E-state index is 0.0192. The van der Waals surface area contributed by atoms with Crippen LogP contribution in [0.1, 0.15) is 25.7 Å². The van der Waals surface area contributed by atoms with Crippen LogP contribution >= 0.6 is 0 Å². The van der Waals surface area contributed by atoms with Crippen LogP contribution in [0.4, 0.5) is 8.78 Å². The van der Waals surface area contributed by atoms with Gasteiger partial charge in [0.05, 0.1) is 12.2 Å². The minimum atomic E-state index is -2.50. The predicted molar refractivity (Wildman–Crippen MR) is 53.3 cm³/mol. The van der Waals surface area contributed by atoms with Gasteiger partial charge in [-0.2, -0.15) is 0 Å². The lowest BCUT2D eigenvalue weighted by molar-refractivity contribution is -0.125. The summed E-state index contributed by atoms with van der Waals surface area (Å²) in [5.41, 5.74) is -0.751. The topological polar surface area (TPSA) is 58.6 Å². The highest BCUT2D eigenvalue weighted by Gasteiger charge is 2.34. The third-order valence-electron chi connectivity index (χ3n) is 2.62. The molecule has 0 bridgehead atoms. The number of carbonyl (C=O) groups is 1. The summed E-state index contributed by atoms with van der Waals surface area (Å²) in [6.45, 7) is -0.424. The maximum absolute atomic E-state index is 11.7. The first-order valence-corrected chi connectivity index (χ1v) is 5.37. The molecule has 0 aliphatic heterocycles. The third-order valence-corrected chi connectivity index (χ3v) is 2.62. The predicted octanol–water partition coefficient (Wildman–Crippen LogP) is 0.689. The third kappa shape index (κ3) is 4.85. The summed E-state index contributed by atoms with van der Waals surface area (Å²) < 4.78 is 27.9. The molecule has 0 heterocycles. The summed E-state index contributed by atoms with van der Waals surface area (Å²) in [5, 5.41) is 12.2. The molecule has 0 aromatic heterocycles. The standard InChI is InChI=1S/C10H17F2NO3/c11-8(12)6-16-5-2-9(14)13-7-10(15)3-1-4-10/h8,15H,1-7H2,(H,13,14). The van der Waals surface area contributed by atoms with Crippen molar-refractivity contribution in [3.63, 3.8) is 0 Å². The molecule has 1 saturated carbocycles. The van der Waals surface area contributed by atoms with E-state index in [2.05, 4.69) is 10.1 Å². The van der Waals surface area contributed by atoms with E-state index in [0.29, 0.717) is 12.8 Å². The van der Waals surface area contributed by atoms with E-state index in [0.717, 1.165) is 6.42 Å². The number of amides is 1. The zero-order valence-corrected chi connectivity index (χ0v) is 9.05. The second-order valence-corrected chi connectivity index (χ2v) is 4.07. The summed E-state index contributed by atoms with van der Waals surface area (Å²) in [5.74, 6) is -0.283. The molecule has 0 unspecified atom stereocenters. The first-order valence-electron chi connectivity index (χ1n) is 5.37. The Morgan fingerprint density at radius 2 is 2.19 bits per heavy atom. The summed E-state index contributed by atoms with van der Waals surface area (Å²) in [7, 11) is 0. The molecular weight excluding hydrogens is 220 g/mol. The highest BCUT2D eigenvalue weighted by Crippen LogP contribution is 2.30. The highest BCUT2D eigenvalue weighted by atomic mass is 19.3. The van der Waals surface area contributed by atoms with Crippen molar-refractivity contribution in [1.29, 1.82) is 0 Å². The van der Waals surface area contributed by atoms with Gasteiger partial charge in [0.2, 0.25) is 5.91 Å².